The summed E-state index contributed by atoms with van der Waals surface area (Å²) in [4.78, 5) is 38.2. The van der Waals surface area contributed by atoms with E-state index in [4.69, 9.17) is 21.1 Å². The van der Waals surface area contributed by atoms with E-state index < -0.39 is 24.4 Å². The van der Waals surface area contributed by atoms with Crippen molar-refractivity contribution in [2.24, 2.45) is 5.92 Å². The van der Waals surface area contributed by atoms with Crippen molar-refractivity contribution in [1.82, 2.24) is 0 Å². The Morgan fingerprint density at radius 2 is 1.97 bits per heavy atom. The lowest BCUT2D eigenvalue weighted by Gasteiger charge is -2.17. The lowest BCUT2D eigenvalue weighted by Crippen LogP contribution is -2.28. The lowest BCUT2D eigenvalue weighted by molar-refractivity contribution is -0.151. The summed E-state index contributed by atoms with van der Waals surface area (Å²) in [5.41, 5.74) is 1.20. The molecule has 3 rings (SSSR count). The molecule has 7 nitrogen and oxygen atoms in total. The van der Waals surface area contributed by atoms with Gasteiger partial charge in [0.25, 0.3) is 5.91 Å². The largest absolute Gasteiger partial charge is 0.494 e. The SMILES string of the molecule is CCCOc1ccc(N2C[C@@H](C(=O)OCC(=O)Nc3cccc(Cl)c3)CC2=O)cc1. The van der Waals surface area contributed by atoms with Gasteiger partial charge < -0.3 is 19.7 Å². The quantitative estimate of drug-likeness (QED) is 0.646. The summed E-state index contributed by atoms with van der Waals surface area (Å²) in [5, 5.41) is 3.09. The van der Waals surface area contributed by atoms with Crippen molar-refractivity contribution in [2.75, 3.05) is 30.0 Å². The molecule has 30 heavy (non-hydrogen) atoms. The Kier molecular flexibility index (Phi) is 7.30. The van der Waals surface area contributed by atoms with Crippen molar-refractivity contribution in [1.29, 1.82) is 0 Å². The normalized spacial score (nSPS) is 15.7. The molecule has 0 aromatic heterocycles. The zero-order valence-corrected chi connectivity index (χ0v) is 17.4. The van der Waals surface area contributed by atoms with Crippen molar-refractivity contribution in [2.45, 2.75) is 19.8 Å². The summed E-state index contributed by atoms with van der Waals surface area (Å²) >= 11 is 5.87. The highest BCUT2D eigenvalue weighted by Crippen LogP contribution is 2.27. The molecule has 8 heteroatoms. The molecule has 2 amide bonds. The van der Waals surface area contributed by atoms with Crippen molar-refractivity contribution in [3.8, 4) is 5.75 Å². The van der Waals surface area contributed by atoms with Gasteiger partial charge in [0.2, 0.25) is 5.91 Å². The number of ether oxygens (including phenoxy) is 2. The fourth-order valence-corrected chi connectivity index (χ4v) is 3.27. The summed E-state index contributed by atoms with van der Waals surface area (Å²) in [7, 11) is 0. The molecule has 1 atom stereocenters. The number of carbonyl (C=O) groups is 3. The molecule has 1 aliphatic heterocycles. The Bertz CT molecular complexity index is 916. The van der Waals surface area contributed by atoms with Gasteiger partial charge in [-0.05, 0) is 48.9 Å². The maximum atomic E-state index is 12.4. The van der Waals surface area contributed by atoms with Gasteiger partial charge in [-0.2, -0.15) is 0 Å². The highest BCUT2D eigenvalue weighted by atomic mass is 35.5. The minimum Gasteiger partial charge on any atom is -0.494 e. The summed E-state index contributed by atoms with van der Waals surface area (Å²) in [5.74, 6) is -1.10. The number of esters is 1. The molecule has 2 aromatic carbocycles. The fourth-order valence-electron chi connectivity index (χ4n) is 3.08. The number of nitrogens with zero attached hydrogens (tertiary/aromatic N) is 1. The Balaban J connectivity index is 1.50. The highest BCUT2D eigenvalue weighted by molar-refractivity contribution is 6.30. The molecule has 1 saturated heterocycles. The molecular weight excluding hydrogens is 408 g/mol. The number of rotatable bonds is 8. The molecule has 0 radical (unpaired) electrons. The second-order valence-electron chi connectivity index (χ2n) is 6.91. The van der Waals surface area contributed by atoms with Gasteiger partial charge in [-0.25, -0.2) is 0 Å². The first-order valence-electron chi connectivity index (χ1n) is 9.71. The van der Waals surface area contributed by atoms with Crippen LogP contribution in [0, 0.1) is 5.92 Å². The Morgan fingerprint density at radius 3 is 2.67 bits per heavy atom. The highest BCUT2D eigenvalue weighted by Gasteiger charge is 2.36. The molecule has 0 bridgehead atoms. The van der Waals surface area contributed by atoms with E-state index in [1.54, 1.807) is 53.4 Å². The van der Waals surface area contributed by atoms with Crippen LogP contribution in [0.25, 0.3) is 0 Å². The van der Waals surface area contributed by atoms with Crippen LogP contribution in [0.15, 0.2) is 48.5 Å². The Morgan fingerprint density at radius 1 is 1.20 bits per heavy atom. The van der Waals surface area contributed by atoms with E-state index in [1.807, 2.05) is 6.92 Å². The molecule has 1 fully saturated rings. The molecule has 0 spiro atoms. The van der Waals surface area contributed by atoms with Gasteiger partial charge in [0.15, 0.2) is 6.61 Å². The van der Waals surface area contributed by atoms with Crippen LogP contribution in [0.4, 0.5) is 11.4 Å². The summed E-state index contributed by atoms with van der Waals surface area (Å²) in [6.07, 6.45) is 0.954. The first kappa shape index (κ1) is 21.6. The van der Waals surface area contributed by atoms with Crippen LogP contribution in [-0.2, 0) is 19.1 Å². The maximum absolute atomic E-state index is 12.4. The number of hydrogen-bond acceptors (Lipinski definition) is 5. The fraction of sp³-hybridized carbons (Fsp3) is 0.318. The molecule has 0 saturated carbocycles. The smallest absolute Gasteiger partial charge is 0.311 e. The van der Waals surface area contributed by atoms with Gasteiger partial charge in [-0.1, -0.05) is 24.6 Å². The van der Waals surface area contributed by atoms with Crippen molar-refractivity contribution in [3.63, 3.8) is 0 Å². The number of hydrogen-bond donors (Lipinski definition) is 1. The number of halogens is 1. The number of benzene rings is 2. The van der Waals surface area contributed by atoms with Crippen LogP contribution in [0.2, 0.25) is 5.02 Å². The second-order valence-corrected chi connectivity index (χ2v) is 7.35. The summed E-state index contributed by atoms with van der Waals surface area (Å²) in [6.45, 7) is 2.43. The van der Waals surface area contributed by atoms with E-state index in [1.165, 1.54) is 0 Å². The van der Waals surface area contributed by atoms with Crippen molar-refractivity contribution in [3.05, 3.63) is 53.6 Å². The predicted octanol–water partition coefficient (Wildman–Crippen LogP) is 3.66. The third kappa shape index (κ3) is 5.73. The average molecular weight is 431 g/mol. The van der Waals surface area contributed by atoms with Gasteiger partial charge in [-0.15, -0.1) is 0 Å². The van der Waals surface area contributed by atoms with Crippen LogP contribution in [0.5, 0.6) is 5.75 Å². The summed E-state index contributed by atoms with van der Waals surface area (Å²) < 4.78 is 10.6. The summed E-state index contributed by atoms with van der Waals surface area (Å²) in [6, 6.07) is 13.8. The van der Waals surface area contributed by atoms with E-state index >= 15 is 0 Å². The van der Waals surface area contributed by atoms with Gasteiger partial charge in [0, 0.05) is 29.4 Å². The zero-order chi connectivity index (χ0) is 21.5. The van der Waals surface area contributed by atoms with Crippen molar-refractivity contribution < 1.29 is 23.9 Å². The predicted molar refractivity (Wildman–Crippen MR) is 114 cm³/mol. The Hall–Kier alpha value is -3.06. The van der Waals surface area contributed by atoms with Crippen LogP contribution in [0.1, 0.15) is 19.8 Å². The van der Waals surface area contributed by atoms with Gasteiger partial charge in [0.05, 0.1) is 12.5 Å². The standard InChI is InChI=1S/C22H23ClN2O5/c1-2-10-29-19-8-6-18(7-9-19)25-13-15(11-21(25)27)22(28)30-14-20(26)24-17-5-3-4-16(23)12-17/h3-9,12,15H,2,10-11,13-14H2,1H3,(H,24,26)/t15-/m0/s1. The third-order valence-electron chi connectivity index (χ3n) is 4.53. The van der Waals surface area contributed by atoms with E-state index in [0.717, 1.165) is 12.2 Å². The molecule has 1 aliphatic rings. The molecule has 1 heterocycles. The Labute approximate surface area is 179 Å². The topological polar surface area (TPSA) is 84.9 Å². The monoisotopic (exact) mass is 430 g/mol. The molecule has 158 valence electrons. The lowest BCUT2D eigenvalue weighted by atomic mass is 10.1. The zero-order valence-electron chi connectivity index (χ0n) is 16.6. The van der Waals surface area contributed by atoms with Crippen LogP contribution in [-0.4, -0.2) is 37.5 Å². The first-order valence-corrected chi connectivity index (χ1v) is 10.1. The van der Waals surface area contributed by atoms with Gasteiger partial charge >= 0.3 is 5.97 Å². The van der Waals surface area contributed by atoms with Crippen LogP contribution in [0.3, 0.4) is 0 Å². The number of carbonyl (C=O) groups excluding carboxylic acids is 3. The van der Waals surface area contributed by atoms with Gasteiger partial charge in [0.1, 0.15) is 5.75 Å². The second kappa shape index (κ2) is 10.1. The van der Waals surface area contributed by atoms with E-state index in [-0.39, 0.29) is 18.9 Å². The first-order chi connectivity index (χ1) is 14.5. The van der Waals surface area contributed by atoms with Crippen LogP contribution >= 0.6 is 11.6 Å². The van der Waals surface area contributed by atoms with E-state index in [9.17, 15) is 14.4 Å². The van der Waals surface area contributed by atoms with Crippen molar-refractivity contribution >= 4 is 40.8 Å². The molecule has 0 unspecified atom stereocenters. The number of anilines is 2. The maximum Gasteiger partial charge on any atom is 0.311 e. The van der Waals surface area contributed by atoms with Gasteiger partial charge in [-0.3, -0.25) is 14.4 Å². The third-order valence-corrected chi connectivity index (χ3v) is 4.77. The van der Waals surface area contributed by atoms with E-state index in [0.29, 0.717) is 23.0 Å². The molecular formula is C22H23ClN2O5. The molecule has 2 aromatic rings. The van der Waals surface area contributed by atoms with E-state index in [2.05, 4.69) is 5.32 Å². The minimum atomic E-state index is -0.618. The average Bonchev–Trinajstić information content (AvgIpc) is 3.12. The number of amides is 2. The minimum absolute atomic E-state index is 0.0445. The molecule has 0 aliphatic carbocycles. The number of nitrogens with one attached hydrogen (secondary N) is 1. The van der Waals surface area contributed by atoms with Crippen LogP contribution < -0.4 is 15.0 Å². The molecule has 1 N–H and O–H groups in total.